The summed E-state index contributed by atoms with van der Waals surface area (Å²) in [4.78, 5) is 16.0. The van der Waals surface area contributed by atoms with Crippen LogP contribution < -0.4 is 9.64 Å². The topological polar surface area (TPSA) is 63.8 Å². The van der Waals surface area contributed by atoms with Crippen molar-refractivity contribution in [2.24, 2.45) is 4.99 Å². The number of fused-ring (bicyclic) bond motifs is 2. The number of oxazole rings is 1. The molecule has 0 radical (unpaired) electrons. The van der Waals surface area contributed by atoms with Crippen molar-refractivity contribution in [2.45, 2.75) is 39.8 Å². The summed E-state index contributed by atoms with van der Waals surface area (Å²) in [5.74, 6) is 3.48. The fourth-order valence-electron chi connectivity index (χ4n) is 3.75. The van der Waals surface area contributed by atoms with E-state index in [2.05, 4.69) is 32.0 Å². The van der Waals surface area contributed by atoms with Crippen LogP contribution in [0.5, 0.6) is 5.75 Å². The zero-order valence-electron chi connectivity index (χ0n) is 16.3. The Hall–Kier alpha value is -3.15. The minimum atomic E-state index is 0.148. The molecule has 0 amide bonds. The Morgan fingerprint density at radius 2 is 2.07 bits per heavy atom. The molecular weight excluding hydrogens is 352 g/mol. The summed E-state index contributed by atoms with van der Waals surface area (Å²) in [6.45, 7) is 7.53. The van der Waals surface area contributed by atoms with Gasteiger partial charge in [0, 0.05) is 37.2 Å². The molecule has 0 spiro atoms. The van der Waals surface area contributed by atoms with E-state index in [4.69, 9.17) is 9.15 Å². The lowest BCUT2D eigenvalue weighted by atomic mass is 9.96. The van der Waals surface area contributed by atoms with E-state index in [9.17, 15) is 0 Å². The highest BCUT2D eigenvalue weighted by molar-refractivity contribution is 6.22. The molecule has 6 heteroatoms. The molecule has 0 fully saturated rings. The maximum atomic E-state index is 5.83. The molecule has 0 unspecified atom stereocenters. The van der Waals surface area contributed by atoms with Crippen LogP contribution in [-0.2, 0) is 13.0 Å². The lowest BCUT2D eigenvalue weighted by Crippen LogP contribution is -2.30. The van der Waals surface area contributed by atoms with Gasteiger partial charge >= 0.3 is 0 Å². The van der Waals surface area contributed by atoms with E-state index >= 15 is 0 Å². The third-order valence-corrected chi connectivity index (χ3v) is 5.01. The highest BCUT2D eigenvalue weighted by Gasteiger charge is 2.25. The van der Waals surface area contributed by atoms with Gasteiger partial charge in [0.05, 0.1) is 29.7 Å². The van der Waals surface area contributed by atoms with Crippen molar-refractivity contribution in [1.82, 2.24) is 9.97 Å². The lowest BCUT2D eigenvalue weighted by Gasteiger charge is -2.27. The third kappa shape index (κ3) is 2.95. The molecule has 0 bridgehead atoms. The van der Waals surface area contributed by atoms with Gasteiger partial charge in [-0.3, -0.25) is 0 Å². The number of aliphatic imine (C=N–C) groups is 1. The summed E-state index contributed by atoms with van der Waals surface area (Å²) in [6, 6.07) is 10.2. The quantitative estimate of drug-likeness (QED) is 0.535. The van der Waals surface area contributed by atoms with E-state index in [0.717, 1.165) is 64.4 Å². The van der Waals surface area contributed by atoms with Crippen LogP contribution in [0.2, 0.25) is 0 Å². The van der Waals surface area contributed by atoms with Crippen LogP contribution in [0.4, 0.5) is 11.5 Å². The predicted molar refractivity (Wildman–Crippen MR) is 108 cm³/mol. The molecule has 0 aliphatic carbocycles. The summed E-state index contributed by atoms with van der Waals surface area (Å²) in [7, 11) is 0. The molecule has 28 heavy (non-hydrogen) atoms. The first-order valence-electron chi connectivity index (χ1n) is 9.63. The van der Waals surface area contributed by atoms with E-state index in [-0.39, 0.29) is 6.10 Å². The maximum Gasteiger partial charge on any atom is 0.191 e. The second-order valence-electron chi connectivity index (χ2n) is 7.48. The Kier molecular flexibility index (Phi) is 3.93. The minimum Gasteiger partial charge on any atom is -0.491 e. The lowest BCUT2D eigenvalue weighted by molar-refractivity contribution is 0.242. The minimum absolute atomic E-state index is 0.148. The van der Waals surface area contributed by atoms with Crippen molar-refractivity contribution in [3.63, 3.8) is 0 Å². The molecule has 0 atom stereocenters. The molecule has 1 aromatic carbocycles. The molecule has 0 saturated heterocycles. The first kappa shape index (κ1) is 17.0. The SMILES string of the molecule is Cc1nc2c(o1)CN(c1cc(C3=Nc4ccc(OC(C)C)cc43)ccn1)CC2. The smallest absolute Gasteiger partial charge is 0.191 e. The predicted octanol–water partition coefficient (Wildman–Crippen LogP) is 4.21. The number of benzene rings is 1. The van der Waals surface area contributed by atoms with Crippen LogP contribution in [0.15, 0.2) is 45.9 Å². The molecule has 5 rings (SSSR count). The fraction of sp³-hybridized carbons (Fsp3) is 0.318. The zero-order chi connectivity index (χ0) is 19.3. The molecule has 4 heterocycles. The van der Waals surface area contributed by atoms with E-state index in [1.165, 1.54) is 0 Å². The number of anilines is 1. The third-order valence-electron chi connectivity index (χ3n) is 5.01. The second-order valence-corrected chi connectivity index (χ2v) is 7.48. The molecule has 2 aliphatic rings. The summed E-state index contributed by atoms with van der Waals surface area (Å²) in [5.41, 5.74) is 5.26. The number of aromatic nitrogens is 2. The first-order chi connectivity index (χ1) is 13.6. The van der Waals surface area contributed by atoms with Crippen LogP contribution in [0.25, 0.3) is 0 Å². The van der Waals surface area contributed by atoms with Gasteiger partial charge in [-0.1, -0.05) is 0 Å². The number of rotatable bonds is 4. The Morgan fingerprint density at radius 3 is 2.93 bits per heavy atom. The van der Waals surface area contributed by atoms with E-state index in [1.54, 1.807) is 0 Å². The normalized spacial score (nSPS) is 15.0. The number of nitrogens with zero attached hydrogens (tertiary/aromatic N) is 4. The highest BCUT2D eigenvalue weighted by Crippen LogP contribution is 2.36. The summed E-state index contributed by atoms with van der Waals surface area (Å²) in [6.07, 6.45) is 2.87. The number of pyridine rings is 1. The van der Waals surface area contributed by atoms with Crippen LogP contribution >= 0.6 is 0 Å². The summed E-state index contributed by atoms with van der Waals surface area (Å²) >= 11 is 0. The molecule has 6 nitrogen and oxygen atoms in total. The van der Waals surface area contributed by atoms with Gasteiger partial charge in [0.25, 0.3) is 0 Å². The average Bonchev–Trinajstić information content (AvgIpc) is 3.03. The van der Waals surface area contributed by atoms with E-state index in [1.807, 2.05) is 45.2 Å². The van der Waals surface area contributed by atoms with Gasteiger partial charge in [-0.25, -0.2) is 15.0 Å². The number of ether oxygens (including phenoxy) is 1. The van der Waals surface area contributed by atoms with Crippen molar-refractivity contribution in [2.75, 3.05) is 11.4 Å². The molecule has 3 aromatic rings. The van der Waals surface area contributed by atoms with Crippen molar-refractivity contribution in [3.05, 3.63) is 65.0 Å². The average molecular weight is 374 g/mol. The largest absolute Gasteiger partial charge is 0.491 e. The summed E-state index contributed by atoms with van der Waals surface area (Å²) < 4.78 is 11.6. The molecule has 2 aromatic heterocycles. The van der Waals surface area contributed by atoms with E-state index < -0.39 is 0 Å². The van der Waals surface area contributed by atoms with Gasteiger partial charge in [-0.15, -0.1) is 0 Å². The van der Waals surface area contributed by atoms with Gasteiger partial charge in [0.2, 0.25) is 0 Å². The summed E-state index contributed by atoms with van der Waals surface area (Å²) in [5, 5.41) is 0. The Morgan fingerprint density at radius 1 is 1.18 bits per heavy atom. The van der Waals surface area contributed by atoms with Gasteiger partial charge in [-0.2, -0.15) is 0 Å². The number of aryl methyl sites for hydroxylation is 1. The van der Waals surface area contributed by atoms with Crippen LogP contribution in [0, 0.1) is 6.92 Å². The van der Waals surface area contributed by atoms with Gasteiger partial charge in [0.15, 0.2) is 5.89 Å². The van der Waals surface area contributed by atoms with Gasteiger partial charge in [-0.05, 0) is 44.2 Å². The standard InChI is InChI=1S/C22H22N4O2/c1-13(2)27-16-4-5-18-17(11-16)22(25-18)15-6-8-23-21(10-15)26-9-7-19-20(12-26)28-14(3)24-19/h4-6,8,10-11,13H,7,9,12H2,1-3H3. The monoisotopic (exact) mass is 374 g/mol. The van der Waals surface area contributed by atoms with Gasteiger partial charge in [0.1, 0.15) is 17.3 Å². The molecule has 0 N–H and O–H groups in total. The van der Waals surface area contributed by atoms with Crippen LogP contribution in [0.3, 0.4) is 0 Å². The van der Waals surface area contributed by atoms with Crippen molar-refractivity contribution in [3.8, 4) is 5.75 Å². The molecule has 2 aliphatic heterocycles. The van der Waals surface area contributed by atoms with Crippen molar-refractivity contribution in [1.29, 1.82) is 0 Å². The second kappa shape index (κ2) is 6.48. The van der Waals surface area contributed by atoms with Crippen molar-refractivity contribution < 1.29 is 9.15 Å². The maximum absolute atomic E-state index is 5.83. The van der Waals surface area contributed by atoms with Crippen LogP contribution in [0.1, 0.15) is 42.3 Å². The zero-order valence-corrected chi connectivity index (χ0v) is 16.3. The van der Waals surface area contributed by atoms with Gasteiger partial charge < -0.3 is 14.1 Å². The highest BCUT2D eigenvalue weighted by atomic mass is 16.5. The molecule has 0 saturated carbocycles. The number of hydrogen-bond acceptors (Lipinski definition) is 6. The Balaban J connectivity index is 1.40. The van der Waals surface area contributed by atoms with E-state index in [0.29, 0.717) is 6.54 Å². The Bertz CT molecular complexity index is 1080. The first-order valence-corrected chi connectivity index (χ1v) is 9.63. The fourth-order valence-corrected chi connectivity index (χ4v) is 3.75. The Labute approximate surface area is 163 Å². The van der Waals surface area contributed by atoms with Crippen molar-refractivity contribution >= 4 is 17.2 Å². The number of hydrogen-bond donors (Lipinski definition) is 0. The molecular formula is C22H22N4O2. The van der Waals surface area contributed by atoms with Crippen LogP contribution in [-0.4, -0.2) is 28.3 Å². The molecule has 142 valence electrons.